The van der Waals surface area contributed by atoms with E-state index in [-0.39, 0.29) is 11.3 Å². The van der Waals surface area contributed by atoms with Crippen LogP contribution in [0.25, 0.3) is 0 Å². The molecule has 2 atom stereocenters. The molecule has 1 aromatic rings. The van der Waals surface area contributed by atoms with Gasteiger partial charge in [0.15, 0.2) is 9.84 Å². The maximum absolute atomic E-state index is 11.9. The summed E-state index contributed by atoms with van der Waals surface area (Å²) in [5, 5.41) is 3.29. The van der Waals surface area contributed by atoms with Crippen molar-refractivity contribution in [3.8, 4) is 5.75 Å². The Labute approximate surface area is 126 Å². The van der Waals surface area contributed by atoms with Gasteiger partial charge in [-0.3, -0.25) is 0 Å². The van der Waals surface area contributed by atoms with Crippen LogP contribution in [0, 0.1) is 0 Å². The molecule has 0 amide bonds. The van der Waals surface area contributed by atoms with Crippen LogP contribution in [0.4, 0.5) is 0 Å². The molecule has 21 heavy (non-hydrogen) atoms. The topological polar surface area (TPSA) is 55.4 Å². The summed E-state index contributed by atoms with van der Waals surface area (Å²) < 4.78 is 29.2. The maximum atomic E-state index is 11.9. The van der Waals surface area contributed by atoms with Gasteiger partial charge in [0.2, 0.25) is 0 Å². The van der Waals surface area contributed by atoms with Gasteiger partial charge in [-0.1, -0.05) is 6.07 Å². The first kappa shape index (κ1) is 14.9. The van der Waals surface area contributed by atoms with Crippen molar-refractivity contribution in [3.05, 3.63) is 29.3 Å². The number of hydrogen-bond donors (Lipinski definition) is 1. The fourth-order valence-electron chi connectivity index (χ4n) is 3.48. The zero-order chi connectivity index (χ0) is 14.9. The molecule has 1 heterocycles. The average molecular weight is 309 g/mol. The Morgan fingerprint density at radius 1 is 1.29 bits per heavy atom. The van der Waals surface area contributed by atoms with E-state index in [1.807, 2.05) is 6.07 Å². The van der Waals surface area contributed by atoms with Gasteiger partial charge in [-0.05, 0) is 55.4 Å². The number of aryl methyl sites for hydroxylation is 1. The summed E-state index contributed by atoms with van der Waals surface area (Å²) in [6, 6.07) is 6.48. The van der Waals surface area contributed by atoms with Gasteiger partial charge in [0, 0.05) is 12.6 Å². The van der Waals surface area contributed by atoms with Crippen LogP contribution in [0.5, 0.6) is 5.75 Å². The second-order valence-corrected chi connectivity index (χ2v) is 8.45. The SMILES string of the molecule is COc1ccc2c(c1)C(NCC1CCCS1(=O)=O)CCC2. The van der Waals surface area contributed by atoms with E-state index in [2.05, 4.69) is 17.4 Å². The van der Waals surface area contributed by atoms with E-state index < -0.39 is 9.84 Å². The molecule has 2 unspecified atom stereocenters. The predicted molar refractivity (Wildman–Crippen MR) is 83.5 cm³/mol. The maximum Gasteiger partial charge on any atom is 0.154 e. The number of sulfone groups is 1. The number of hydrogen-bond acceptors (Lipinski definition) is 4. The highest BCUT2D eigenvalue weighted by molar-refractivity contribution is 7.92. The Hall–Kier alpha value is -1.07. The van der Waals surface area contributed by atoms with E-state index in [0.29, 0.717) is 12.3 Å². The highest BCUT2D eigenvalue weighted by Gasteiger charge is 2.32. The Balaban J connectivity index is 1.73. The Morgan fingerprint density at radius 2 is 2.14 bits per heavy atom. The molecule has 116 valence electrons. The zero-order valence-electron chi connectivity index (χ0n) is 12.5. The van der Waals surface area contributed by atoms with Gasteiger partial charge < -0.3 is 10.1 Å². The van der Waals surface area contributed by atoms with Crippen molar-refractivity contribution in [2.75, 3.05) is 19.4 Å². The third-order valence-corrected chi connectivity index (χ3v) is 7.00. The molecule has 1 N–H and O–H groups in total. The molecular weight excluding hydrogens is 286 g/mol. The zero-order valence-corrected chi connectivity index (χ0v) is 13.3. The molecule has 1 aromatic carbocycles. The predicted octanol–water partition coefficient (Wildman–Crippen LogP) is 2.24. The van der Waals surface area contributed by atoms with Crippen molar-refractivity contribution in [2.24, 2.45) is 0 Å². The standard InChI is InChI=1S/C16H23NO3S/c1-20-13-8-7-12-4-2-6-16(15(12)10-13)17-11-14-5-3-9-21(14,18)19/h7-8,10,14,16-17H,2-6,9,11H2,1H3. The molecule has 1 saturated heterocycles. The normalized spacial score (nSPS) is 27.3. The molecule has 0 bridgehead atoms. The lowest BCUT2D eigenvalue weighted by molar-refractivity contribution is 0.408. The van der Waals surface area contributed by atoms with Crippen molar-refractivity contribution in [3.63, 3.8) is 0 Å². The highest BCUT2D eigenvalue weighted by Crippen LogP contribution is 2.32. The third-order valence-electron chi connectivity index (χ3n) is 4.72. The van der Waals surface area contributed by atoms with Crippen LogP contribution >= 0.6 is 0 Å². The first-order valence-corrected chi connectivity index (χ1v) is 9.43. The summed E-state index contributed by atoms with van der Waals surface area (Å²) in [5.74, 6) is 1.23. The Morgan fingerprint density at radius 3 is 2.86 bits per heavy atom. The largest absolute Gasteiger partial charge is 0.497 e. The second kappa shape index (κ2) is 5.97. The Kier molecular flexibility index (Phi) is 4.22. The first-order chi connectivity index (χ1) is 10.1. The van der Waals surface area contributed by atoms with Gasteiger partial charge in [0.1, 0.15) is 5.75 Å². The van der Waals surface area contributed by atoms with Crippen LogP contribution in [0.15, 0.2) is 18.2 Å². The van der Waals surface area contributed by atoms with Crippen molar-refractivity contribution >= 4 is 9.84 Å². The number of fused-ring (bicyclic) bond motifs is 1. The molecule has 0 radical (unpaired) electrons. The van der Waals surface area contributed by atoms with Crippen LogP contribution in [0.3, 0.4) is 0 Å². The molecule has 2 aliphatic rings. The number of rotatable bonds is 4. The van der Waals surface area contributed by atoms with E-state index in [0.717, 1.165) is 37.9 Å². The number of nitrogens with one attached hydrogen (secondary N) is 1. The summed E-state index contributed by atoms with van der Waals surface area (Å²) in [6.07, 6.45) is 4.91. The summed E-state index contributed by atoms with van der Waals surface area (Å²) in [4.78, 5) is 0. The smallest absolute Gasteiger partial charge is 0.154 e. The molecule has 1 fully saturated rings. The van der Waals surface area contributed by atoms with Gasteiger partial charge in [-0.25, -0.2) is 8.42 Å². The van der Waals surface area contributed by atoms with Crippen molar-refractivity contribution < 1.29 is 13.2 Å². The van der Waals surface area contributed by atoms with Gasteiger partial charge in [-0.2, -0.15) is 0 Å². The van der Waals surface area contributed by atoms with Crippen LogP contribution in [-0.2, 0) is 16.3 Å². The Bertz CT molecular complexity index is 612. The lowest BCUT2D eigenvalue weighted by atomic mass is 9.87. The van der Waals surface area contributed by atoms with Crippen molar-refractivity contribution in [2.45, 2.75) is 43.4 Å². The monoisotopic (exact) mass is 309 g/mol. The van der Waals surface area contributed by atoms with Crippen LogP contribution in [0.2, 0.25) is 0 Å². The summed E-state index contributed by atoms with van der Waals surface area (Å²) >= 11 is 0. The van der Waals surface area contributed by atoms with E-state index in [4.69, 9.17) is 4.74 Å². The number of methoxy groups -OCH3 is 1. The van der Waals surface area contributed by atoms with Crippen molar-refractivity contribution in [1.82, 2.24) is 5.32 Å². The molecule has 3 rings (SSSR count). The van der Waals surface area contributed by atoms with E-state index >= 15 is 0 Å². The minimum absolute atomic E-state index is 0.200. The molecule has 1 aliphatic carbocycles. The number of ether oxygens (including phenoxy) is 1. The fraction of sp³-hybridized carbons (Fsp3) is 0.625. The fourth-order valence-corrected chi connectivity index (χ4v) is 5.26. The minimum Gasteiger partial charge on any atom is -0.497 e. The summed E-state index contributed by atoms with van der Waals surface area (Å²) in [7, 11) is -1.19. The quantitative estimate of drug-likeness (QED) is 0.927. The van der Waals surface area contributed by atoms with Gasteiger partial charge in [0.05, 0.1) is 18.1 Å². The van der Waals surface area contributed by atoms with Crippen molar-refractivity contribution in [1.29, 1.82) is 0 Å². The van der Waals surface area contributed by atoms with Crippen LogP contribution in [0.1, 0.15) is 42.9 Å². The third kappa shape index (κ3) is 3.09. The second-order valence-electron chi connectivity index (χ2n) is 6.05. The van der Waals surface area contributed by atoms with Gasteiger partial charge in [-0.15, -0.1) is 0 Å². The molecule has 5 heteroatoms. The average Bonchev–Trinajstić information content (AvgIpc) is 2.83. The first-order valence-electron chi connectivity index (χ1n) is 7.72. The highest BCUT2D eigenvalue weighted by atomic mass is 32.2. The molecule has 1 aliphatic heterocycles. The van der Waals surface area contributed by atoms with Crippen LogP contribution in [-0.4, -0.2) is 33.1 Å². The molecule has 0 aromatic heterocycles. The molecule has 4 nitrogen and oxygen atoms in total. The summed E-state index contributed by atoms with van der Waals surface area (Å²) in [6.45, 7) is 0.573. The van der Waals surface area contributed by atoms with Crippen LogP contribution < -0.4 is 10.1 Å². The molecular formula is C16H23NO3S. The lowest BCUT2D eigenvalue weighted by Crippen LogP contribution is -2.34. The lowest BCUT2D eigenvalue weighted by Gasteiger charge is -2.28. The minimum atomic E-state index is -2.87. The van der Waals surface area contributed by atoms with E-state index in [1.165, 1.54) is 11.1 Å². The molecule has 0 saturated carbocycles. The van der Waals surface area contributed by atoms with E-state index in [1.54, 1.807) is 7.11 Å². The molecule has 0 spiro atoms. The number of benzene rings is 1. The van der Waals surface area contributed by atoms with Gasteiger partial charge >= 0.3 is 0 Å². The van der Waals surface area contributed by atoms with Gasteiger partial charge in [0.25, 0.3) is 0 Å². The summed E-state index contributed by atoms with van der Waals surface area (Å²) in [5.41, 5.74) is 2.63. The van der Waals surface area contributed by atoms with E-state index in [9.17, 15) is 8.42 Å².